The van der Waals surface area contributed by atoms with Crippen molar-refractivity contribution in [2.75, 3.05) is 5.32 Å². The van der Waals surface area contributed by atoms with Gasteiger partial charge in [-0.3, -0.25) is 4.79 Å². The summed E-state index contributed by atoms with van der Waals surface area (Å²) >= 11 is 1.44. The lowest BCUT2D eigenvalue weighted by molar-refractivity contribution is 0.642. The van der Waals surface area contributed by atoms with Gasteiger partial charge in [-0.2, -0.15) is 4.52 Å². The second-order valence-electron chi connectivity index (χ2n) is 4.67. The molecule has 2 aromatic rings. The molecule has 1 atom stereocenters. The van der Waals surface area contributed by atoms with E-state index in [1.807, 2.05) is 6.92 Å². The van der Waals surface area contributed by atoms with Crippen molar-refractivity contribution in [1.29, 1.82) is 0 Å². The van der Waals surface area contributed by atoms with Gasteiger partial charge < -0.3 is 5.32 Å². The summed E-state index contributed by atoms with van der Waals surface area (Å²) in [6, 6.07) is 1.96. The number of allylic oxidation sites excluding steroid dienone is 1. The van der Waals surface area contributed by atoms with E-state index in [2.05, 4.69) is 27.6 Å². The summed E-state index contributed by atoms with van der Waals surface area (Å²) in [6.07, 6.45) is 8.37. The van der Waals surface area contributed by atoms with Crippen LogP contribution in [0.25, 0.3) is 4.96 Å². The number of nitrogens with one attached hydrogen (secondary N) is 1. The van der Waals surface area contributed by atoms with Crippen molar-refractivity contribution in [2.24, 2.45) is 0 Å². The fourth-order valence-electron chi connectivity index (χ4n) is 2.20. The normalized spacial score (nSPS) is 18.9. The lowest BCUT2D eigenvalue weighted by atomic mass is 10.0. The van der Waals surface area contributed by atoms with Crippen LogP contribution >= 0.6 is 11.3 Å². The molecule has 0 fully saturated rings. The third-order valence-corrected chi connectivity index (χ3v) is 4.10. The smallest absolute Gasteiger partial charge is 0.275 e. The van der Waals surface area contributed by atoms with Gasteiger partial charge in [-0.05, 0) is 25.7 Å². The van der Waals surface area contributed by atoms with E-state index in [-0.39, 0.29) is 5.56 Å². The van der Waals surface area contributed by atoms with Gasteiger partial charge in [-0.1, -0.05) is 30.4 Å². The zero-order valence-electron chi connectivity index (χ0n) is 10.8. The van der Waals surface area contributed by atoms with Crippen LogP contribution < -0.4 is 10.9 Å². The number of anilines is 1. The van der Waals surface area contributed by atoms with E-state index in [9.17, 15) is 4.79 Å². The highest BCUT2D eigenvalue weighted by Gasteiger charge is 2.13. The maximum Gasteiger partial charge on any atom is 0.275 e. The van der Waals surface area contributed by atoms with Crippen molar-refractivity contribution in [1.82, 2.24) is 14.6 Å². The number of aromatic nitrogens is 3. The van der Waals surface area contributed by atoms with Gasteiger partial charge in [0, 0.05) is 17.8 Å². The first-order valence-electron chi connectivity index (χ1n) is 6.57. The van der Waals surface area contributed by atoms with Gasteiger partial charge in [0.25, 0.3) is 5.56 Å². The van der Waals surface area contributed by atoms with Crippen molar-refractivity contribution >= 4 is 21.4 Å². The van der Waals surface area contributed by atoms with E-state index in [0.29, 0.717) is 11.0 Å². The maximum atomic E-state index is 11.9. The average Bonchev–Trinajstić information content (AvgIpc) is 2.83. The molecule has 0 aromatic carbocycles. The zero-order chi connectivity index (χ0) is 13.2. The van der Waals surface area contributed by atoms with E-state index in [0.717, 1.165) is 36.5 Å². The minimum Gasteiger partial charge on any atom is -0.357 e. The van der Waals surface area contributed by atoms with Gasteiger partial charge in [0.15, 0.2) is 0 Å². The molecule has 19 heavy (non-hydrogen) atoms. The first-order chi connectivity index (χ1) is 9.26. The molecule has 0 aliphatic heterocycles. The molecule has 100 valence electrons. The van der Waals surface area contributed by atoms with Crippen LogP contribution in [0.4, 0.5) is 5.13 Å². The molecule has 0 bridgehead atoms. The molecule has 2 aromatic heterocycles. The Bertz CT molecular complexity index is 673. The summed E-state index contributed by atoms with van der Waals surface area (Å²) in [7, 11) is 0. The van der Waals surface area contributed by atoms with E-state index < -0.39 is 0 Å². The highest BCUT2D eigenvalue weighted by molar-refractivity contribution is 7.20. The number of nitrogens with zero attached hydrogens (tertiary/aromatic N) is 3. The second-order valence-corrected chi connectivity index (χ2v) is 5.62. The standard InChI is InChI=1S/C13H16N4OS/c1-2-9-8-11(18)17-13(15-9)19-12(16-17)14-10-6-4-3-5-7-10/h3-4,8,10H,2,5-7H2,1H3,(H,14,16). The lowest BCUT2D eigenvalue weighted by Gasteiger charge is -2.17. The van der Waals surface area contributed by atoms with Crippen LogP contribution in [-0.2, 0) is 6.42 Å². The fraction of sp³-hybridized carbons (Fsp3) is 0.462. The number of hydrogen-bond donors (Lipinski definition) is 1. The Morgan fingerprint density at radius 2 is 2.42 bits per heavy atom. The molecular formula is C13H16N4OS. The van der Waals surface area contributed by atoms with Crippen molar-refractivity contribution in [3.63, 3.8) is 0 Å². The molecule has 1 N–H and O–H groups in total. The number of hydrogen-bond acceptors (Lipinski definition) is 5. The van der Waals surface area contributed by atoms with E-state index in [1.54, 1.807) is 6.07 Å². The third-order valence-electron chi connectivity index (χ3n) is 3.26. The molecule has 3 rings (SSSR count). The Morgan fingerprint density at radius 1 is 1.53 bits per heavy atom. The summed E-state index contributed by atoms with van der Waals surface area (Å²) in [6.45, 7) is 1.99. The molecule has 2 heterocycles. The van der Waals surface area contributed by atoms with E-state index in [1.165, 1.54) is 15.9 Å². The van der Waals surface area contributed by atoms with Crippen LogP contribution in [0.1, 0.15) is 31.9 Å². The third kappa shape index (κ3) is 2.53. The van der Waals surface area contributed by atoms with Crippen molar-refractivity contribution < 1.29 is 0 Å². The van der Waals surface area contributed by atoms with Gasteiger partial charge in [0.2, 0.25) is 10.1 Å². The molecule has 0 amide bonds. The SMILES string of the molecule is CCc1cc(=O)n2nc(NC3CC=CCC3)sc2n1. The Hall–Kier alpha value is -1.69. The van der Waals surface area contributed by atoms with Gasteiger partial charge in [0.1, 0.15) is 0 Å². The minimum absolute atomic E-state index is 0.102. The summed E-state index contributed by atoms with van der Waals surface area (Å²) in [4.78, 5) is 17.0. The number of aryl methyl sites for hydroxylation is 1. The van der Waals surface area contributed by atoms with Gasteiger partial charge in [-0.15, -0.1) is 5.10 Å². The van der Waals surface area contributed by atoms with Gasteiger partial charge in [-0.25, -0.2) is 4.98 Å². The summed E-state index contributed by atoms with van der Waals surface area (Å²) in [5.74, 6) is 0. The van der Waals surface area contributed by atoms with Crippen LogP contribution in [0.3, 0.4) is 0 Å². The van der Waals surface area contributed by atoms with Crippen LogP contribution in [0.15, 0.2) is 23.0 Å². The predicted molar refractivity (Wildman–Crippen MR) is 76.9 cm³/mol. The molecule has 0 saturated heterocycles. The zero-order valence-corrected chi connectivity index (χ0v) is 11.6. The first-order valence-corrected chi connectivity index (χ1v) is 7.39. The van der Waals surface area contributed by atoms with Crippen LogP contribution in [0.5, 0.6) is 0 Å². The van der Waals surface area contributed by atoms with Crippen LogP contribution in [0, 0.1) is 0 Å². The van der Waals surface area contributed by atoms with E-state index >= 15 is 0 Å². The lowest BCUT2D eigenvalue weighted by Crippen LogP contribution is -2.21. The topological polar surface area (TPSA) is 59.3 Å². The molecule has 1 aliphatic carbocycles. The average molecular weight is 276 g/mol. The summed E-state index contributed by atoms with van der Waals surface area (Å²) in [5.41, 5.74) is 0.718. The van der Waals surface area contributed by atoms with E-state index in [4.69, 9.17) is 0 Å². The monoisotopic (exact) mass is 276 g/mol. The summed E-state index contributed by atoms with van der Waals surface area (Å²) in [5, 5.41) is 8.47. The Balaban J connectivity index is 1.90. The predicted octanol–water partition coefficient (Wildman–Crippen LogP) is 2.23. The molecular weight excluding hydrogens is 260 g/mol. The Kier molecular flexibility index (Phi) is 3.33. The molecule has 0 radical (unpaired) electrons. The van der Waals surface area contributed by atoms with Crippen molar-refractivity contribution in [3.8, 4) is 0 Å². The second kappa shape index (κ2) is 5.13. The van der Waals surface area contributed by atoms with Crippen molar-refractivity contribution in [3.05, 3.63) is 34.3 Å². The molecule has 5 nitrogen and oxygen atoms in total. The largest absolute Gasteiger partial charge is 0.357 e. The molecule has 1 unspecified atom stereocenters. The quantitative estimate of drug-likeness (QED) is 0.873. The van der Waals surface area contributed by atoms with Crippen LogP contribution in [0.2, 0.25) is 0 Å². The molecule has 0 saturated carbocycles. The highest BCUT2D eigenvalue weighted by atomic mass is 32.1. The fourth-order valence-corrected chi connectivity index (χ4v) is 3.10. The Morgan fingerprint density at radius 3 is 3.16 bits per heavy atom. The summed E-state index contributed by atoms with van der Waals surface area (Å²) < 4.78 is 1.38. The van der Waals surface area contributed by atoms with Crippen LogP contribution in [-0.4, -0.2) is 20.6 Å². The molecule has 0 spiro atoms. The van der Waals surface area contributed by atoms with Crippen molar-refractivity contribution in [2.45, 2.75) is 38.6 Å². The maximum absolute atomic E-state index is 11.9. The highest BCUT2D eigenvalue weighted by Crippen LogP contribution is 2.21. The Labute approximate surface area is 115 Å². The van der Waals surface area contributed by atoms with Gasteiger partial charge in [0.05, 0.1) is 0 Å². The first kappa shape index (κ1) is 12.3. The number of fused-ring (bicyclic) bond motifs is 1. The molecule has 6 heteroatoms. The molecule has 1 aliphatic rings. The number of rotatable bonds is 3. The van der Waals surface area contributed by atoms with Gasteiger partial charge >= 0.3 is 0 Å². The minimum atomic E-state index is -0.102.